The molecule has 2 heterocycles. The van der Waals surface area contributed by atoms with Gasteiger partial charge in [0.15, 0.2) is 0 Å². The highest BCUT2D eigenvalue weighted by molar-refractivity contribution is 5.14. The molecule has 2 aliphatic rings. The maximum Gasteiger partial charge on any atom is 0.00991 e. The van der Waals surface area contributed by atoms with Gasteiger partial charge in [-0.25, -0.2) is 0 Å². The van der Waals surface area contributed by atoms with Gasteiger partial charge in [0.1, 0.15) is 0 Å². The molecular weight excluding hydrogens is 244 g/mol. The highest BCUT2D eigenvalue weighted by atomic mass is 15.2. The van der Waals surface area contributed by atoms with E-state index in [9.17, 15) is 0 Å². The molecule has 2 aliphatic heterocycles. The fourth-order valence-electron chi connectivity index (χ4n) is 3.90. The van der Waals surface area contributed by atoms with Crippen molar-refractivity contribution in [1.82, 2.24) is 10.2 Å². The van der Waals surface area contributed by atoms with Crippen molar-refractivity contribution in [2.24, 2.45) is 5.41 Å². The molecular formula is C18H28N2. The van der Waals surface area contributed by atoms with Gasteiger partial charge in [-0.15, -0.1) is 0 Å². The molecule has 0 amide bonds. The second kappa shape index (κ2) is 6.28. The van der Waals surface area contributed by atoms with Crippen LogP contribution in [0.1, 0.15) is 38.2 Å². The zero-order valence-corrected chi connectivity index (χ0v) is 12.8. The Kier molecular flexibility index (Phi) is 4.42. The van der Waals surface area contributed by atoms with Crippen molar-refractivity contribution in [2.75, 3.05) is 26.2 Å². The summed E-state index contributed by atoms with van der Waals surface area (Å²) in [5, 5.41) is 3.53. The maximum absolute atomic E-state index is 3.53. The average molecular weight is 272 g/mol. The van der Waals surface area contributed by atoms with Crippen molar-refractivity contribution < 1.29 is 0 Å². The lowest BCUT2D eigenvalue weighted by atomic mass is 9.88. The summed E-state index contributed by atoms with van der Waals surface area (Å²) in [5.74, 6) is 0. The Bertz CT molecular complexity index is 409. The summed E-state index contributed by atoms with van der Waals surface area (Å²) in [4.78, 5) is 2.77. The van der Waals surface area contributed by atoms with Crippen LogP contribution in [0, 0.1) is 5.41 Å². The number of rotatable bonds is 5. The first kappa shape index (κ1) is 14.1. The molecule has 1 aromatic carbocycles. The van der Waals surface area contributed by atoms with Crippen LogP contribution in [-0.2, 0) is 6.42 Å². The maximum atomic E-state index is 3.53. The van der Waals surface area contributed by atoms with Gasteiger partial charge in [-0.3, -0.25) is 4.90 Å². The molecule has 2 unspecified atom stereocenters. The predicted molar refractivity (Wildman–Crippen MR) is 85.0 cm³/mol. The molecule has 1 N–H and O–H groups in total. The summed E-state index contributed by atoms with van der Waals surface area (Å²) < 4.78 is 0. The molecule has 0 bridgehead atoms. The molecule has 2 atom stereocenters. The Labute approximate surface area is 123 Å². The lowest BCUT2D eigenvalue weighted by molar-refractivity contribution is 0.159. The highest BCUT2D eigenvalue weighted by Gasteiger charge is 2.34. The Morgan fingerprint density at radius 2 is 2.15 bits per heavy atom. The third-order valence-corrected chi connectivity index (χ3v) is 5.15. The van der Waals surface area contributed by atoms with Gasteiger partial charge in [-0.1, -0.05) is 37.3 Å². The molecule has 2 nitrogen and oxygen atoms in total. The quantitative estimate of drug-likeness (QED) is 0.886. The van der Waals surface area contributed by atoms with Crippen LogP contribution >= 0.6 is 0 Å². The van der Waals surface area contributed by atoms with Gasteiger partial charge in [-0.05, 0) is 56.2 Å². The van der Waals surface area contributed by atoms with Crippen molar-refractivity contribution in [3.63, 3.8) is 0 Å². The number of hydrogen-bond donors (Lipinski definition) is 1. The van der Waals surface area contributed by atoms with Gasteiger partial charge >= 0.3 is 0 Å². The van der Waals surface area contributed by atoms with Gasteiger partial charge in [0, 0.05) is 19.1 Å². The molecule has 0 aromatic heterocycles. The zero-order chi connectivity index (χ0) is 13.8. The van der Waals surface area contributed by atoms with E-state index in [-0.39, 0.29) is 0 Å². The van der Waals surface area contributed by atoms with E-state index in [0.29, 0.717) is 5.41 Å². The number of nitrogens with zero attached hydrogens (tertiary/aromatic N) is 1. The second-order valence-corrected chi connectivity index (χ2v) is 7.03. The predicted octanol–water partition coefficient (Wildman–Crippen LogP) is 3.08. The first-order chi connectivity index (χ1) is 9.75. The van der Waals surface area contributed by atoms with Crippen molar-refractivity contribution in [3.05, 3.63) is 35.9 Å². The number of nitrogens with one attached hydrogen (secondary N) is 1. The summed E-state index contributed by atoms with van der Waals surface area (Å²) >= 11 is 0. The van der Waals surface area contributed by atoms with Crippen LogP contribution in [0.4, 0.5) is 0 Å². The third kappa shape index (κ3) is 3.42. The van der Waals surface area contributed by atoms with Gasteiger partial charge < -0.3 is 5.32 Å². The van der Waals surface area contributed by atoms with Crippen molar-refractivity contribution in [2.45, 2.75) is 45.1 Å². The normalized spacial score (nSPS) is 30.9. The second-order valence-electron chi connectivity index (χ2n) is 7.03. The Morgan fingerprint density at radius 3 is 2.90 bits per heavy atom. The molecule has 0 spiro atoms. The van der Waals surface area contributed by atoms with Gasteiger partial charge in [0.2, 0.25) is 0 Å². The molecule has 3 rings (SSSR count). The molecule has 2 saturated heterocycles. The minimum absolute atomic E-state index is 0.509. The largest absolute Gasteiger partial charge is 0.316 e. The van der Waals surface area contributed by atoms with Crippen molar-refractivity contribution in [3.8, 4) is 0 Å². The van der Waals surface area contributed by atoms with Crippen LogP contribution in [0.2, 0.25) is 0 Å². The van der Waals surface area contributed by atoms with Crippen molar-refractivity contribution >= 4 is 0 Å². The minimum atomic E-state index is 0.509. The topological polar surface area (TPSA) is 15.3 Å². The van der Waals surface area contributed by atoms with Crippen LogP contribution in [0.3, 0.4) is 0 Å². The number of aryl methyl sites for hydroxylation is 1. The van der Waals surface area contributed by atoms with E-state index in [4.69, 9.17) is 0 Å². The lowest BCUT2D eigenvalue weighted by Crippen LogP contribution is -2.40. The SMILES string of the molecule is CC1(CN2CCCC2CCc2ccccc2)CCNC1. The van der Waals surface area contributed by atoms with Crippen LogP contribution in [-0.4, -0.2) is 37.1 Å². The first-order valence-corrected chi connectivity index (χ1v) is 8.24. The molecule has 20 heavy (non-hydrogen) atoms. The number of hydrogen-bond acceptors (Lipinski definition) is 2. The zero-order valence-electron chi connectivity index (χ0n) is 12.8. The van der Waals surface area contributed by atoms with E-state index < -0.39 is 0 Å². The molecule has 0 aliphatic carbocycles. The van der Waals surface area contributed by atoms with Crippen LogP contribution < -0.4 is 5.32 Å². The first-order valence-electron chi connectivity index (χ1n) is 8.24. The minimum Gasteiger partial charge on any atom is -0.316 e. The fourth-order valence-corrected chi connectivity index (χ4v) is 3.90. The van der Waals surface area contributed by atoms with E-state index in [1.54, 1.807) is 0 Å². The van der Waals surface area contributed by atoms with E-state index in [1.807, 2.05) is 0 Å². The third-order valence-electron chi connectivity index (χ3n) is 5.15. The molecule has 2 heteroatoms. The molecule has 2 fully saturated rings. The van der Waals surface area contributed by atoms with E-state index in [2.05, 4.69) is 47.5 Å². The standard InChI is InChI=1S/C18H28N2/c1-18(11-12-19-14-18)15-20-13-5-8-17(20)10-9-16-6-3-2-4-7-16/h2-4,6-7,17,19H,5,8-15H2,1H3. The fraction of sp³-hybridized carbons (Fsp3) is 0.667. The lowest BCUT2D eigenvalue weighted by Gasteiger charge is -2.33. The molecule has 0 saturated carbocycles. The average Bonchev–Trinajstić information content (AvgIpc) is 3.07. The van der Waals surface area contributed by atoms with E-state index in [0.717, 1.165) is 6.04 Å². The molecule has 0 radical (unpaired) electrons. The van der Waals surface area contributed by atoms with Crippen LogP contribution in [0.15, 0.2) is 30.3 Å². The van der Waals surface area contributed by atoms with E-state index in [1.165, 1.54) is 63.8 Å². The number of likely N-dealkylation sites (tertiary alicyclic amines) is 1. The molecule has 1 aromatic rings. The Hall–Kier alpha value is -0.860. The Morgan fingerprint density at radius 1 is 1.30 bits per heavy atom. The van der Waals surface area contributed by atoms with Gasteiger partial charge in [0.25, 0.3) is 0 Å². The summed E-state index contributed by atoms with van der Waals surface area (Å²) in [7, 11) is 0. The van der Waals surface area contributed by atoms with E-state index >= 15 is 0 Å². The van der Waals surface area contributed by atoms with Crippen LogP contribution in [0.5, 0.6) is 0 Å². The van der Waals surface area contributed by atoms with Gasteiger partial charge in [0.05, 0.1) is 0 Å². The smallest absolute Gasteiger partial charge is 0.00991 e. The number of benzene rings is 1. The molecule has 110 valence electrons. The summed E-state index contributed by atoms with van der Waals surface area (Å²) in [6, 6.07) is 11.8. The van der Waals surface area contributed by atoms with Gasteiger partial charge in [-0.2, -0.15) is 0 Å². The Balaban J connectivity index is 1.53. The summed E-state index contributed by atoms with van der Waals surface area (Å²) in [6.45, 7) is 7.47. The monoisotopic (exact) mass is 272 g/mol. The summed E-state index contributed by atoms with van der Waals surface area (Å²) in [6.07, 6.45) is 6.69. The summed E-state index contributed by atoms with van der Waals surface area (Å²) in [5.41, 5.74) is 2.00. The highest BCUT2D eigenvalue weighted by Crippen LogP contribution is 2.30. The van der Waals surface area contributed by atoms with Crippen molar-refractivity contribution in [1.29, 1.82) is 0 Å². The van der Waals surface area contributed by atoms with Crippen LogP contribution in [0.25, 0.3) is 0 Å².